The number of carbonyl (C=O) groups excluding carboxylic acids is 2. The molecule has 1 aromatic carbocycles. The summed E-state index contributed by atoms with van der Waals surface area (Å²) in [4.78, 5) is 27.6. The van der Waals surface area contributed by atoms with E-state index in [0.29, 0.717) is 44.6 Å². The van der Waals surface area contributed by atoms with Gasteiger partial charge in [0.2, 0.25) is 11.8 Å². The van der Waals surface area contributed by atoms with Crippen molar-refractivity contribution in [3.63, 3.8) is 0 Å². The largest absolute Gasteiger partial charge is 0.344 e. The van der Waals surface area contributed by atoms with Crippen LogP contribution in [0.15, 0.2) is 24.3 Å². The molecule has 3 rings (SSSR count). The Hall–Kier alpha value is -1.95. The lowest BCUT2D eigenvalue weighted by Gasteiger charge is -2.39. The van der Waals surface area contributed by atoms with Gasteiger partial charge < -0.3 is 10.2 Å². The number of amides is 2. The molecule has 0 bridgehead atoms. The van der Waals surface area contributed by atoms with Gasteiger partial charge in [-0.15, -0.1) is 0 Å². The highest BCUT2D eigenvalue weighted by Gasteiger charge is 2.33. The Morgan fingerprint density at radius 2 is 1.96 bits per heavy atom. The molecule has 0 radical (unpaired) electrons. The SMILES string of the molecule is C[C@H](c1ccccc1F)N1CCN(C(=O)[C@@H]2CCC(=O)N2)CC1. The molecule has 0 aliphatic carbocycles. The molecule has 2 amide bonds. The monoisotopic (exact) mass is 319 g/mol. The molecular formula is C17H22FN3O2. The maximum atomic E-state index is 13.9. The van der Waals surface area contributed by atoms with E-state index in [2.05, 4.69) is 10.2 Å². The molecule has 6 heteroatoms. The second-order valence-corrected chi connectivity index (χ2v) is 6.22. The molecule has 1 N–H and O–H groups in total. The van der Waals surface area contributed by atoms with Crippen molar-refractivity contribution in [2.45, 2.75) is 31.8 Å². The predicted octanol–water partition coefficient (Wildman–Crippen LogP) is 1.31. The Morgan fingerprint density at radius 3 is 2.57 bits per heavy atom. The molecule has 2 heterocycles. The zero-order valence-corrected chi connectivity index (χ0v) is 13.3. The first-order valence-corrected chi connectivity index (χ1v) is 8.13. The number of hydrogen-bond donors (Lipinski definition) is 1. The van der Waals surface area contributed by atoms with E-state index in [4.69, 9.17) is 0 Å². The molecule has 2 saturated heterocycles. The summed E-state index contributed by atoms with van der Waals surface area (Å²) >= 11 is 0. The van der Waals surface area contributed by atoms with Crippen molar-refractivity contribution >= 4 is 11.8 Å². The van der Waals surface area contributed by atoms with Crippen molar-refractivity contribution in [3.8, 4) is 0 Å². The number of piperazine rings is 1. The minimum absolute atomic E-state index is 0.00837. The van der Waals surface area contributed by atoms with Gasteiger partial charge in [0, 0.05) is 44.2 Å². The average molecular weight is 319 g/mol. The normalized spacial score (nSPS) is 23.7. The van der Waals surface area contributed by atoms with E-state index in [9.17, 15) is 14.0 Å². The smallest absolute Gasteiger partial charge is 0.245 e. The highest BCUT2D eigenvalue weighted by molar-refractivity contribution is 5.90. The van der Waals surface area contributed by atoms with Crippen LogP contribution in [0.25, 0.3) is 0 Å². The van der Waals surface area contributed by atoms with Gasteiger partial charge in [0.15, 0.2) is 0 Å². The predicted molar refractivity (Wildman–Crippen MR) is 84.1 cm³/mol. The maximum absolute atomic E-state index is 13.9. The zero-order chi connectivity index (χ0) is 16.4. The van der Waals surface area contributed by atoms with Crippen molar-refractivity contribution in [1.82, 2.24) is 15.1 Å². The van der Waals surface area contributed by atoms with E-state index in [0.717, 1.165) is 0 Å². The van der Waals surface area contributed by atoms with E-state index in [-0.39, 0.29) is 29.7 Å². The maximum Gasteiger partial charge on any atom is 0.245 e. The number of nitrogens with zero attached hydrogens (tertiary/aromatic N) is 2. The molecule has 0 unspecified atom stereocenters. The van der Waals surface area contributed by atoms with Gasteiger partial charge in [-0.3, -0.25) is 14.5 Å². The van der Waals surface area contributed by atoms with Gasteiger partial charge >= 0.3 is 0 Å². The van der Waals surface area contributed by atoms with Gasteiger partial charge in [-0.25, -0.2) is 4.39 Å². The lowest BCUT2D eigenvalue weighted by molar-refractivity contribution is -0.136. The van der Waals surface area contributed by atoms with Crippen LogP contribution < -0.4 is 5.32 Å². The summed E-state index contributed by atoms with van der Waals surface area (Å²) in [7, 11) is 0. The Kier molecular flexibility index (Phi) is 4.61. The van der Waals surface area contributed by atoms with Gasteiger partial charge in [0.25, 0.3) is 0 Å². The van der Waals surface area contributed by atoms with Gasteiger partial charge in [-0.05, 0) is 19.4 Å². The van der Waals surface area contributed by atoms with E-state index < -0.39 is 0 Å². The summed E-state index contributed by atoms with van der Waals surface area (Å²) < 4.78 is 13.9. The summed E-state index contributed by atoms with van der Waals surface area (Å²) in [6, 6.07) is 6.45. The number of benzene rings is 1. The van der Waals surface area contributed by atoms with E-state index in [1.807, 2.05) is 19.1 Å². The molecule has 2 atom stereocenters. The average Bonchev–Trinajstić information content (AvgIpc) is 3.01. The number of rotatable bonds is 3. The molecule has 2 aliphatic rings. The molecule has 5 nitrogen and oxygen atoms in total. The first kappa shape index (κ1) is 15.9. The van der Waals surface area contributed by atoms with Crippen molar-refractivity contribution in [2.24, 2.45) is 0 Å². The minimum Gasteiger partial charge on any atom is -0.344 e. The molecular weight excluding hydrogens is 297 g/mol. The third-order valence-corrected chi connectivity index (χ3v) is 4.82. The second kappa shape index (κ2) is 6.66. The van der Waals surface area contributed by atoms with Crippen LogP contribution in [0.1, 0.15) is 31.4 Å². The first-order valence-electron chi connectivity index (χ1n) is 8.13. The fourth-order valence-corrected chi connectivity index (χ4v) is 3.36. The summed E-state index contributed by atoms with van der Waals surface area (Å²) in [6.07, 6.45) is 1.02. The van der Waals surface area contributed by atoms with Crippen LogP contribution in [-0.4, -0.2) is 53.8 Å². The Balaban J connectivity index is 1.57. The lowest BCUT2D eigenvalue weighted by atomic mass is 10.1. The van der Waals surface area contributed by atoms with Crippen LogP contribution in [-0.2, 0) is 9.59 Å². The molecule has 2 fully saturated rings. The number of nitrogens with one attached hydrogen (secondary N) is 1. The zero-order valence-electron chi connectivity index (χ0n) is 13.3. The van der Waals surface area contributed by atoms with Gasteiger partial charge in [-0.1, -0.05) is 18.2 Å². The fraction of sp³-hybridized carbons (Fsp3) is 0.529. The number of hydrogen-bond acceptors (Lipinski definition) is 3. The highest BCUT2D eigenvalue weighted by atomic mass is 19.1. The van der Waals surface area contributed by atoms with Crippen molar-refractivity contribution in [3.05, 3.63) is 35.6 Å². The molecule has 23 heavy (non-hydrogen) atoms. The minimum atomic E-state index is -0.363. The standard InChI is InChI=1S/C17H22FN3O2/c1-12(13-4-2-3-5-14(13)18)20-8-10-21(11-9-20)17(23)15-6-7-16(22)19-15/h2-5,12,15H,6-11H2,1H3,(H,19,22)/t12-,15+/m1/s1. The lowest BCUT2D eigenvalue weighted by Crippen LogP contribution is -2.53. The highest BCUT2D eigenvalue weighted by Crippen LogP contribution is 2.24. The third-order valence-electron chi connectivity index (χ3n) is 4.82. The van der Waals surface area contributed by atoms with Gasteiger partial charge in [0.05, 0.1) is 0 Å². The summed E-state index contributed by atoms with van der Waals surface area (Å²) in [5.41, 5.74) is 0.690. The van der Waals surface area contributed by atoms with Crippen LogP contribution in [0.5, 0.6) is 0 Å². The van der Waals surface area contributed by atoms with Crippen LogP contribution >= 0.6 is 0 Å². The molecule has 0 spiro atoms. The van der Waals surface area contributed by atoms with Crippen LogP contribution in [0, 0.1) is 5.82 Å². The Labute approximate surface area is 135 Å². The molecule has 0 aromatic heterocycles. The quantitative estimate of drug-likeness (QED) is 0.914. The van der Waals surface area contributed by atoms with E-state index >= 15 is 0 Å². The van der Waals surface area contributed by atoms with Crippen molar-refractivity contribution < 1.29 is 14.0 Å². The first-order chi connectivity index (χ1) is 11.1. The van der Waals surface area contributed by atoms with Crippen LogP contribution in [0.2, 0.25) is 0 Å². The van der Waals surface area contributed by atoms with Crippen molar-refractivity contribution in [2.75, 3.05) is 26.2 Å². The Bertz CT molecular complexity index is 599. The third kappa shape index (κ3) is 3.37. The van der Waals surface area contributed by atoms with Crippen LogP contribution in [0.4, 0.5) is 4.39 Å². The second-order valence-electron chi connectivity index (χ2n) is 6.22. The van der Waals surface area contributed by atoms with Crippen LogP contribution in [0.3, 0.4) is 0 Å². The molecule has 1 aromatic rings. The molecule has 2 aliphatic heterocycles. The summed E-state index contributed by atoms with van der Waals surface area (Å²) in [6.45, 7) is 4.64. The fourth-order valence-electron chi connectivity index (χ4n) is 3.36. The Morgan fingerprint density at radius 1 is 1.26 bits per heavy atom. The topological polar surface area (TPSA) is 52.7 Å². The van der Waals surface area contributed by atoms with E-state index in [1.54, 1.807) is 11.0 Å². The molecule has 124 valence electrons. The molecule has 0 saturated carbocycles. The number of carbonyl (C=O) groups is 2. The summed E-state index contributed by atoms with van der Waals surface area (Å²) in [5.74, 6) is -0.226. The summed E-state index contributed by atoms with van der Waals surface area (Å²) in [5, 5.41) is 2.72. The van der Waals surface area contributed by atoms with Gasteiger partial charge in [-0.2, -0.15) is 0 Å². The number of halogens is 1. The van der Waals surface area contributed by atoms with Gasteiger partial charge in [0.1, 0.15) is 11.9 Å². The van der Waals surface area contributed by atoms with E-state index in [1.165, 1.54) is 6.07 Å². The van der Waals surface area contributed by atoms with Crippen molar-refractivity contribution in [1.29, 1.82) is 0 Å².